The zero-order valence-electron chi connectivity index (χ0n) is 13.3. The number of hydrogen-bond acceptors (Lipinski definition) is 6. The van der Waals surface area contributed by atoms with Crippen LogP contribution in [0.25, 0.3) is 22.1 Å². The molecule has 0 aliphatic carbocycles. The molecule has 1 aromatic carbocycles. The highest BCUT2D eigenvalue weighted by atomic mass is 32.2. The van der Waals surface area contributed by atoms with Crippen LogP contribution in [0.5, 0.6) is 0 Å². The highest BCUT2D eigenvalue weighted by Crippen LogP contribution is 2.25. The highest BCUT2D eigenvalue weighted by molar-refractivity contribution is 8.00. The maximum absolute atomic E-state index is 12.5. The molecule has 0 radical (unpaired) electrons. The number of benzene rings is 1. The average molecular weight is 350 g/mol. The number of carbonyl (C=O) groups excluding carboxylic acids is 1. The van der Waals surface area contributed by atoms with E-state index in [0.29, 0.717) is 17.0 Å². The molecular formula is C17H14N6OS. The average Bonchev–Trinajstić information content (AvgIpc) is 3.11. The molecule has 4 rings (SSSR count). The third-order valence-corrected chi connectivity index (χ3v) is 4.74. The number of aromatic amines is 1. The van der Waals surface area contributed by atoms with Gasteiger partial charge in [-0.1, -0.05) is 36.0 Å². The van der Waals surface area contributed by atoms with Gasteiger partial charge in [-0.3, -0.25) is 4.79 Å². The minimum absolute atomic E-state index is 0.158. The molecule has 4 aromatic rings. The Kier molecular flexibility index (Phi) is 4.02. The van der Waals surface area contributed by atoms with E-state index < -0.39 is 0 Å². The van der Waals surface area contributed by atoms with Crippen LogP contribution in [0.4, 0.5) is 5.82 Å². The van der Waals surface area contributed by atoms with Gasteiger partial charge in [0.05, 0.1) is 22.1 Å². The van der Waals surface area contributed by atoms with Gasteiger partial charge in [0, 0.05) is 5.39 Å². The number of amides is 1. The van der Waals surface area contributed by atoms with Gasteiger partial charge in [-0.05, 0) is 19.1 Å². The second-order valence-electron chi connectivity index (χ2n) is 5.41. The lowest BCUT2D eigenvalue weighted by atomic mass is 10.2. The van der Waals surface area contributed by atoms with Crippen LogP contribution in [0.3, 0.4) is 0 Å². The minimum atomic E-state index is -0.332. The summed E-state index contributed by atoms with van der Waals surface area (Å²) in [6.45, 7) is 1.84. The molecule has 25 heavy (non-hydrogen) atoms. The van der Waals surface area contributed by atoms with Gasteiger partial charge < -0.3 is 10.3 Å². The number of nitrogens with zero attached hydrogens (tertiary/aromatic N) is 4. The second-order valence-corrected chi connectivity index (χ2v) is 6.78. The van der Waals surface area contributed by atoms with Crippen LogP contribution in [-0.2, 0) is 4.79 Å². The van der Waals surface area contributed by atoms with Crippen molar-refractivity contribution in [3.63, 3.8) is 0 Å². The van der Waals surface area contributed by atoms with Gasteiger partial charge >= 0.3 is 0 Å². The number of nitrogens with one attached hydrogen (secondary N) is 2. The first kappa shape index (κ1) is 15.5. The molecule has 0 aliphatic heterocycles. The van der Waals surface area contributed by atoms with Crippen molar-refractivity contribution >= 4 is 45.6 Å². The summed E-state index contributed by atoms with van der Waals surface area (Å²) in [5.41, 5.74) is 2.04. The highest BCUT2D eigenvalue weighted by Gasteiger charge is 2.18. The maximum Gasteiger partial charge on any atom is 0.238 e. The lowest BCUT2D eigenvalue weighted by Crippen LogP contribution is -2.23. The van der Waals surface area contributed by atoms with E-state index in [-0.39, 0.29) is 11.2 Å². The molecule has 0 fully saturated rings. The zero-order chi connectivity index (χ0) is 17.2. The molecule has 3 aromatic heterocycles. The summed E-state index contributed by atoms with van der Waals surface area (Å²) < 4.78 is 0. The molecule has 0 saturated carbocycles. The summed E-state index contributed by atoms with van der Waals surface area (Å²) in [7, 11) is 0. The monoisotopic (exact) mass is 350 g/mol. The lowest BCUT2D eigenvalue weighted by molar-refractivity contribution is -0.115. The number of para-hydroxylation sites is 1. The largest absolute Gasteiger partial charge is 0.340 e. The van der Waals surface area contributed by atoms with Gasteiger partial charge in [-0.2, -0.15) is 0 Å². The Labute approximate surface area is 147 Å². The van der Waals surface area contributed by atoms with E-state index in [2.05, 4.69) is 30.2 Å². The number of anilines is 1. The van der Waals surface area contributed by atoms with E-state index in [1.165, 1.54) is 24.4 Å². The van der Waals surface area contributed by atoms with Crippen molar-refractivity contribution in [2.45, 2.75) is 17.2 Å². The van der Waals surface area contributed by atoms with Gasteiger partial charge in [0.25, 0.3) is 0 Å². The van der Waals surface area contributed by atoms with E-state index in [1.54, 1.807) is 0 Å². The number of aromatic nitrogens is 5. The second kappa shape index (κ2) is 6.48. The molecule has 2 N–H and O–H groups in total. The Bertz CT molecular complexity index is 1060. The fourth-order valence-corrected chi connectivity index (χ4v) is 3.25. The number of hydrogen-bond donors (Lipinski definition) is 2. The number of fused-ring (bicyclic) bond motifs is 2. The molecule has 0 bridgehead atoms. The Balaban J connectivity index is 1.50. The molecule has 0 spiro atoms. The van der Waals surface area contributed by atoms with Crippen molar-refractivity contribution in [2.24, 2.45) is 0 Å². The standard InChI is InChI=1S/C17H14N6OS/c1-10(25-13-7-6-11-4-2-3-5-12(11)22-13)17(24)23-16-14-15(19-8-18-14)20-9-21-16/h2-10H,1H3,(H2,18,19,20,21,23,24). The molecule has 1 unspecified atom stereocenters. The first-order valence-corrected chi connectivity index (χ1v) is 8.56. The summed E-state index contributed by atoms with van der Waals surface area (Å²) in [4.78, 5) is 32.2. The van der Waals surface area contributed by atoms with Gasteiger partial charge in [-0.25, -0.2) is 19.9 Å². The maximum atomic E-state index is 12.5. The van der Waals surface area contributed by atoms with Crippen molar-refractivity contribution in [3.05, 3.63) is 49.1 Å². The number of imidazole rings is 1. The predicted octanol–water partition coefficient (Wildman–Crippen LogP) is 3.02. The third kappa shape index (κ3) is 3.16. The first-order chi connectivity index (χ1) is 12.2. The summed E-state index contributed by atoms with van der Waals surface area (Å²) in [5.74, 6) is 0.265. The number of carbonyl (C=O) groups is 1. The Morgan fingerprint density at radius 1 is 1.16 bits per heavy atom. The van der Waals surface area contributed by atoms with E-state index in [0.717, 1.165) is 15.9 Å². The molecule has 124 valence electrons. The normalized spacial score (nSPS) is 12.4. The Morgan fingerprint density at radius 3 is 2.96 bits per heavy atom. The summed E-state index contributed by atoms with van der Waals surface area (Å²) >= 11 is 1.40. The summed E-state index contributed by atoms with van der Waals surface area (Å²) in [5, 5.41) is 4.36. The molecule has 3 heterocycles. The van der Waals surface area contributed by atoms with Crippen LogP contribution in [0, 0.1) is 0 Å². The van der Waals surface area contributed by atoms with Crippen molar-refractivity contribution < 1.29 is 4.79 Å². The molecule has 1 atom stereocenters. The molecule has 0 saturated heterocycles. The van der Waals surface area contributed by atoms with E-state index in [1.807, 2.05) is 43.3 Å². The van der Waals surface area contributed by atoms with Crippen molar-refractivity contribution in [1.29, 1.82) is 0 Å². The van der Waals surface area contributed by atoms with Gasteiger partial charge in [-0.15, -0.1) is 0 Å². The van der Waals surface area contributed by atoms with Crippen LogP contribution >= 0.6 is 11.8 Å². The van der Waals surface area contributed by atoms with Crippen molar-refractivity contribution in [3.8, 4) is 0 Å². The quantitative estimate of drug-likeness (QED) is 0.549. The Hall–Kier alpha value is -3.00. The van der Waals surface area contributed by atoms with Gasteiger partial charge in [0.15, 0.2) is 11.5 Å². The minimum Gasteiger partial charge on any atom is -0.340 e. The smallest absolute Gasteiger partial charge is 0.238 e. The van der Waals surface area contributed by atoms with Crippen LogP contribution in [0.2, 0.25) is 0 Å². The van der Waals surface area contributed by atoms with E-state index >= 15 is 0 Å². The van der Waals surface area contributed by atoms with E-state index in [4.69, 9.17) is 0 Å². The van der Waals surface area contributed by atoms with Crippen LogP contribution in [0.15, 0.2) is 54.1 Å². The van der Waals surface area contributed by atoms with Crippen LogP contribution in [-0.4, -0.2) is 36.1 Å². The topological polar surface area (TPSA) is 96.5 Å². The van der Waals surface area contributed by atoms with E-state index in [9.17, 15) is 4.79 Å². The number of thioether (sulfide) groups is 1. The van der Waals surface area contributed by atoms with Crippen molar-refractivity contribution in [1.82, 2.24) is 24.9 Å². The first-order valence-electron chi connectivity index (χ1n) is 7.68. The molecule has 0 aliphatic rings. The Morgan fingerprint density at radius 2 is 2.04 bits per heavy atom. The number of rotatable bonds is 4. The van der Waals surface area contributed by atoms with Crippen LogP contribution in [0.1, 0.15) is 6.92 Å². The summed E-state index contributed by atoms with van der Waals surface area (Å²) in [6, 6.07) is 11.8. The van der Waals surface area contributed by atoms with Gasteiger partial charge in [0.2, 0.25) is 5.91 Å². The zero-order valence-corrected chi connectivity index (χ0v) is 14.1. The predicted molar refractivity (Wildman–Crippen MR) is 97.4 cm³/mol. The lowest BCUT2D eigenvalue weighted by Gasteiger charge is -2.11. The third-order valence-electron chi connectivity index (χ3n) is 3.70. The number of pyridine rings is 1. The fourth-order valence-electron chi connectivity index (χ4n) is 2.43. The van der Waals surface area contributed by atoms with Crippen molar-refractivity contribution in [2.75, 3.05) is 5.32 Å². The molecule has 7 nitrogen and oxygen atoms in total. The molecule has 8 heteroatoms. The molecular weight excluding hydrogens is 336 g/mol. The van der Waals surface area contributed by atoms with Gasteiger partial charge in [0.1, 0.15) is 11.8 Å². The number of H-pyrrole nitrogens is 1. The SMILES string of the molecule is CC(Sc1ccc2ccccc2n1)C(=O)Nc1ncnc2nc[nH]c12. The summed E-state index contributed by atoms with van der Waals surface area (Å²) in [6.07, 6.45) is 2.90. The fraction of sp³-hybridized carbons (Fsp3) is 0.118. The van der Waals surface area contributed by atoms with Crippen LogP contribution < -0.4 is 5.32 Å². The molecule has 1 amide bonds.